The number of piperidine rings is 1. The fourth-order valence-corrected chi connectivity index (χ4v) is 3.98. The van der Waals surface area contributed by atoms with Crippen LogP contribution in [0.3, 0.4) is 0 Å². The highest BCUT2D eigenvalue weighted by Crippen LogP contribution is 2.46. The normalized spacial score (nSPS) is 37.2. The van der Waals surface area contributed by atoms with Crippen LogP contribution in [0, 0.1) is 5.92 Å². The highest BCUT2D eigenvalue weighted by Gasteiger charge is 2.47. The Kier molecular flexibility index (Phi) is 3.16. The molecule has 2 nitrogen and oxygen atoms in total. The van der Waals surface area contributed by atoms with Crippen molar-refractivity contribution < 1.29 is 5.11 Å². The maximum absolute atomic E-state index is 11.2. The third kappa shape index (κ3) is 1.88. The van der Waals surface area contributed by atoms with Gasteiger partial charge in [-0.3, -0.25) is 0 Å². The number of fused-ring (bicyclic) bond motifs is 1. The fourth-order valence-electron chi connectivity index (χ4n) is 3.98. The number of hydrogen-bond acceptors (Lipinski definition) is 2. The minimum Gasteiger partial charge on any atom is -0.385 e. The summed E-state index contributed by atoms with van der Waals surface area (Å²) >= 11 is 0. The monoisotopic (exact) mass is 245 g/mol. The average molecular weight is 245 g/mol. The summed E-state index contributed by atoms with van der Waals surface area (Å²) in [6.45, 7) is 1.01. The van der Waals surface area contributed by atoms with Gasteiger partial charge in [-0.2, -0.15) is 0 Å². The molecule has 1 aromatic carbocycles. The van der Waals surface area contributed by atoms with Gasteiger partial charge in [0.05, 0.1) is 5.60 Å². The second-order valence-electron chi connectivity index (χ2n) is 5.98. The Morgan fingerprint density at radius 3 is 2.67 bits per heavy atom. The van der Waals surface area contributed by atoms with E-state index in [-0.39, 0.29) is 0 Å². The maximum Gasteiger partial charge on any atom is 0.0951 e. The molecule has 1 heterocycles. The highest BCUT2D eigenvalue weighted by atomic mass is 16.3. The van der Waals surface area contributed by atoms with Crippen LogP contribution in [0.25, 0.3) is 0 Å². The third-order valence-electron chi connectivity index (χ3n) is 5.03. The molecule has 1 saturated heterocycles. The smallest absolute Gasteiger partial charge is 0.0951 e. The average Bonchev–Trinajstić information content (AvgIpc) is 2.44. The van der Waals surface area contributed by atoms with Gasteiger partial charge in [0.15, 0.2) is 0 Å². The Morgan fingerprint density at radius 1 is 1.17 bits per heavy atom. The van der Waals surface area contributed by atoms with Crippen molar-refractivity contribution in [3.8, 4) is 0 Å². The minimum atomic E-state index is -0.598. The van der Waals surface area contributed by atoms with Crippen molar-refractivity contribution >= 4 is 0 Å². The van der Waals surface area contributed by atoms with Crippen LogP contribution in [0.2, 0.25) is 0 Å². The van der Waals surface area contributed by atoms with Gasteiger partial charge in [0.1, 0.15) is 0 Å². The zero-order chi connectivity index (χ0) is 12.6. The van der Waals surface area contributed by atoms with Crippen LogP contribution in [-0.4, -0.2) is 29.6 Å². The summed E-state index contributed by atoms with van der Waals surface area (Å²) in [5.74, 6) is 0.410. The van der Waals surface area contributed by atoms with Crippen LogP contribution in [0.15, 0.2) is 30.3 Å². The Morgan fingerprint density at radius 2 is 1.89 bits per heavy atom. The summed E-state index contributed by atoms with van der Waals surface area (Å²) in [7, 11) is 2.22. The maximum atomic E-state index is 11.2. The molecule has 0 amide bonds. The highest BCUT2D eigenvalue weighted by molar-refractivity contribution is 5.25. The summed E-state index contributed by atoms with van der Waals surface area (Å²) in [6.07, 6.45) is 5.87. The number of aliphatic hydroxyl groups is 1. The summed E-state index contributed by atoms with van der Waals surface area (Å²) in [4.78, 5) is 2.46. The first-order chi connectivity index (χ1) is 8.72. The summed E-state index contributed by atoms with van der Waals surface area (Å²) < 4.78 is 0. The fraction of sp³-hybridized carbons (Fsp3) is 0.625. The van der Waals surface area contributed by atoms with E-state index in [1.54, 1.807) is 0 Å². The van der Waals surface area contributed by atoms with E-state index in [4.69, 9.17) is 0 Å². The lowest BCUT2D eigenvalue weighted by atomic mass is 9.66. The first-order valence-corrected chi connectivity index (χ1v) is 7.20. The van der Waals surface area contributed by atoms with Gasteiger partial charge in [0.2, 0.25) is 0 Å². The van der Waals surface area contributed by atoms with Crippen molar-refractivity contribution in [2.45, 2.75) is 43.7 Å². The molecule has 1 unspecified atom stereocenters. The molecular weight excluding hydrogens is 222 g/mol. The Bertz CT molecular complexity index is 405. The molecular formula is C16H23NO. The molecule has 18 heavy (non-hydrogen) atoms. The molecule has 1 N–H and O–H groups in total. The minimum absolute atomic E-state index is 0.410. The van der Waals surface area contributed by atoms with Gasteiger partial charge in [-0.25, -0.2) is 0 Å². The zero-order valence-electron chi connectivity index (χ0n) is 11.2. The molecule has 2 heteroatoms. The lowest BCUT2D eigenvalue weighted by molar-refractivity contribution is -0.114. The third-order valence-corrected chi connectivity index (χ3v) is 5.03. The van der Waals surface area contributed by atoms with Crippen LogP contribution < -0.4 is 0 Å². The van der Waals surface area contributed by atoms with Crippen molar-refractivity contribution in [2.75, 3.05) is 13.6 Å². The Labute approximate surface area is 110 Å². The standard InChI is InChI=1S/C16H23NO/c1-17-12-11-16(18,13-7-3-2-4-8-13)14-9-5-6-10-15(14)17/h2-4,7-8,14-15,18H,5-6,9-12H2,1H3/t14-,15-,16?/m1/s1. The van der Waals surface area contributed by atoms with Gasteiger partial charge in [-0.1, -0.05) is 43.2 Å². The summed E-state index contributed by atoms with van der Waals surface area (Å²) in [5, 5.41) is 11.2. The molecule has 3 atom stereocenters. The lowest BCUT2D eigenvalue weighted by Gasteiger charge is -2.51. The first-order valence-electron chi connectivity index (χ1n) is 7.20. The quantitative estimate of drug-likeness (QED) is 0.822. The van der Waals surface area contributed by atoms with E-state index >= 15 is 0 Å². The van der Waals surface area contributed by atoms with Gasteiger partial charge in [0, 0.05) is 18.5 Å². The van der Waals surface area contributed by atoms with Gasteiger partial charge in [-0.05, 0) is 31.9 Å². The first kappa shape index (κ1) is 12.2. The number of benzene rings is 1. The van der Waals surface area contributed by atoms with Crippen LogP contribution in [0.4, 0.5) is 0 Å². The molecule has 1 aliphatic heterocycles. The molecule has 2 fully saturated rings. The van der Waals surface area contributed by atoms with E-state index in [1.807, 2.05) is 18.2 Å². The number of hydrogen-bond donors (Lipinski definition) is 1. The number of nitrogens with zero attached hydrogens (tertiary/aromatic N) is 1. The van der Waals surface area contributed by atoms with E-state index in [0.717, 1.165) is 18.5 Å². The van der Waals surface area contributed by atoms with Crippen molar-refractivity contribution in [2.24, 2.45) is 5.92 Å². The van der Waals surface area contributed by atoms with Crippen LogP contribution in [0.1, 0.15) is 37.7 Å². The topological polar surface area (TPSA) is 23.5 Å². The van der Waals surface area contributed by atoms with Gasteiger partial charge >= 0.3 is 0 Å². The molecule has 3 rings (SSSR count). The second kappa shape index (κ2) is 4.67. The number of rotatable bonds is 1. The summed E-state index contributed by atoms with van der Waals surface area (Å²) in [5.41, 5.74) is 0.522. The molecule has 1 saturated carbocycles. The van der Waals surface area contributed by atoms with Gasteiger partial charge < -0.3 is 10.0 Å². The van der Waals surface area contributed by atoms with E-state index in [9.17, 15) is 5.11 Å². The molecule has 1 aromatic rings. The van der Waals surface area contributed by atoms with Gasteiger partial charge in [-0.15, -0.1) is 0 Å². The second-order valence-corrected chi connectivity index (χ2v) is 5.98. The lowest BCUT2D eigenvalue weighted by Crippen LogP contribution is -2.56. The van der Waals surface area contributed by atoms with Crippen LogP contribution in [-0.2, 0) is 5.60 Å². The van der Waals surface area contributed by atoms with Gasteiger partial charge in [0.25, 0.3) is 0 Å². The van der Waals surface area contributed by atoms with E-state index in [2.05, 4.69) is 24.1 Å². The molecule has 0 bridgehead atoms. The zero-order valence-corrected chi connectivity index (χ0v) is 11.2. The molecule has 2 aliphatic rings. The Balaban J connectivity index is 1.95. The van der Waals surface area contributed by atoms with Crippen molar-refractivity contribution in [3.05, 3.63) is 35.9 Å². The molecule has 98 valence electrons. The number of likely N-dealkylation sites (tertiary alicyclic amines) is 1. The molecule has 0 aromatic heterocycles. The SMILES string of the molecule is CN1CCC(O)(c2ccccc2)[C@@H]2CCCC[C@H]21. The summed E-state index contributed by atoms with van der Waals surface area (Å²) in [6, 6.07) is 10.9. The van der Waals surface area contributed by atoms with Crippen molar-refractivity contribution in [1.29, 1.82) is 0 Å². The van der Waals surface area contributed by atoms with Crippen molar-refractivity contribution in [3.63, 3.8) is 0 Å². The van der Waals surface area contributed by atoms with E-state index in [0.29, 0.717) is 12.0 Å². The largest absolute Gasteiger partial charge is 0.385 e. The predicted octanol–water partition coefficient (Wildman–Crippen LogP) is 2.77. The Hall–Kier alpha value is -0.860. The predicted molar refractivity (Wildman–Crippen MR) is 73.3 cm³/mol. The van der Waals surface area contributed by atoms with Crippen LogP contribution >= 0.6 is 0 Å². The molecule has 1 aliphatic carbocycles. The van der Waals surface area contributed by atoms with E-state index < -0.39 is 5.60 Å². The molecule has 0 spiro atoms. The van der Waals surface area contributed by atoms with E-state index in [1.165, 1.54) is 25.7 Å². The van der Waals surface area contributed by atoms with Crippen LogP contribution in [0.5, 0.6) is 0 Å². The molecule has 0 radical (unpaired) electrons. The van der Waals surface area contributed by atoms with Crippen molar-refractivity contribution in [1.82, 2.24) is 4.90 Å².